The predicted octanol–water partition coefficient (Wildman–Crippen LogP) is 8.13. The molecule has 36 heavy (non-hydrogen) atoms. The molecule has 5 heterocycles. The number of aromatic nitrogens is 4. The van der Waals surface area contributed by atoms with Crippen molar-refractivity contribution >= 4 is 59.1 Å². The molecule has 0 N–H and O–H groups in total. The van der Waals surface area contributed by atoms with Crippen molar-refractivity contribution in [1.82, 2.24) is 19.4 Å². The maximum absolute atomic E-state index is 5.30. The quantitative estimate of drug-likeness (QED) is 0.236. The Kier molecular flexibility index (Phi) is 4.07. The smallest absolute Gasteiger partial charge is 0.149 e. The van der Waals surface area contributed by atoms with Crippen LogP contribution in [0.3, 0.4) is 0 Å². The summed E-state index contributed by atoms with van der Waals surface area (Å²) >= 11 is 1.83. The van der Waals surface area contributed by atoms with E-state index in [1.165, 1.54) is 20.2 Å². The van der Waals surface area contributed by atoms with E-state index in [1.807, 2.05) is 41.9 Å². The van der Waals surface area contributed by atoms with Crippen molar-refractivity contribution in [2.75, 3.05) is 0 Å². The minimum Gasteiger partial charge on any atom is -0.275 e. The number of hydrogen-bond acceptors (Lipinski definition) is 4. The monoisotopic (exact) mass is 478 g/mol. The largest absolute Gasteiger partial charge is 0.275 e. The fourth-order valence-electron chi connectivity index (χ4n) is 5.30. The minimum absolute atomic E-state index is 0.860. The molecule has 8 rings (SSSR count). The van der Waals surface area contributed by atoms with Crippen LogP contribution < -0.4 is 0 Å². The fraction of sp³-hybridized carbons (Fsp3) is 0. The van der Waals surface area contributed by atoms with Gasteiger partial charge < -0.3 is 0 Å². The van der Waals surface area contributed by atoms with Gasteiger partial charge in [0.1, 0.15) is 11.3 Å². The molecule has 0 fully saturated rings. The molecule has 5 aromatic heterocycles. The highest BCUT2D eigenvalue weighted by atomic mass is 32.1. The molecule has 0 radical (unpaired) electrons. The Morgan fingerprint density at radius 3 is 2.17 bits per heavy atom. The minimum atomic E-state index is 0.860. The van der Waals surface area contributed by atoms with E-state index in [4.69, 9.17) is 15.0 Å². The molecule has 0 bridgehead atoms. The van der Waals surface area contributed by atoms with Gasteiger partial charge in [-0.25, -0.2) is 9.97 Å². The van der Waals surface area contributed by atoms with Crippen molar-refractivity contribution in [3.8, 4) is 22.5 Å². The van der Waals surface area contributed by atoms with Crippen LogP contribution in [-0.4, -0.2) is 19.4 Å². The zero-order valence-corrected chi connectivity index (χ0v) is 19.9. The SMILES string of the molecule is c1ccc(-c2c(-c3ccc4sc5ccccc5c4c3)nc3c4cccnc4c4cccnc4n23)cc1. The Balaban J connectivity index is 1.56. The zero-order valence-electron chi connectivity index (χ0n) is 19.1. The molecule has 0 saturated carbocycles. The van der Waals surface area contributed by atoms with Crippen molar-refractivity contribution in [2.24, 2.45) is 0 Å². The van der Waals surface area contributed by atoms with Crippen LogP contribution in [0, 0.1) is 0 Å². The Labute approximate surface area is 210 Å². The van der Waals surface area contributed by atoms with Gasteiger partial charge in [-0.15, -0.1) is 11.3 Å². The number of nitrogens with zero attached hydrogens (tertiary/aromatic N) is 4. The number of hydrogen-bond donors (Lipinski definition) is 0. The van der Waals surface area contributed by atoms with E-state index in [9.17, 15) is 0 Å². The van der Waals surface area contributed by atoms with Crippen molar-refractivity contribution in [1.29, 1.82) is 0 Å². The van der Waals surface area contributed by atoms with E-state index < -0.39 is 0 Å². The molecule has 0 aliphatic heterocycles. The van der Waals surface area contributed by atoms with Gasteiger partial charge in [-0.1, -0.05) is 54.6 Å². The van der Waals surface area contributed by atoms with E-state index in [0.29, 0.717) is 0 Å². The third kappa shape index (κ3) is 2.72. The van der Waals surface area contributed by atoms with Crippen molar-refractivity contribution in [2.45, 2.75) is 0 Å². The molecular formula is C31H18N4S. The Bertz CT molecular complexity index is 2100. The molecule has 0 unspecified atom stereocenters. The van der Waals surface area contributed by atoms with Gasteiger partial charge in [-0.05, 0) is 42.5 Å². The lowest BCUT2D eigenvalue weighted by atomic mass is 10.0. The van der Waals surface area contributed by atoms with Crippen LogP contribution in [0.5, 0.6) is 0 Å². The predicted molar refractivity (Wildman–Crippen MR) is 150 cm³/mol. The van der Waals surface area contributed by atoms with E-state index in [0.717, 1.165) is 50.1 Å². The maximum atomic E-state index is 5.30. The van der Waals surface area contributed by atoms with Gasteiger partial charge in [0, 0.05) is 54.5 Å². The fourth-order valence-corrected chi connectivity index (χ4v) is 6.39. The number of fused-ring (bicyclic) bond motifs is 9. The van der Waals surface area contributed by atoms with Crippen LogP contribution in [0.4, 0.5) is 0 Å². The van der Waals surface area contributed by atoms with E-state index in [2.05, 4.69) is 83.3 Å². The molecule has 0 amide bonds. The average Bonchev–Trinajstić information content (AvgIpc) is 3.53. The number of thiophene rings is 1. The molecule has 4 nitrogen and oxygen atoms in total. The van der Waals surface area contributed by atoms with Crippen LogP contribution >= 0.6 is 11.3 Å². The molecule has 5 heteroatoms. The topological polar surface area (TPSA) is 43.1 Å². The van der Waals surface area contributed by atoms with E-state index in [-0.39, 0.29) is 0 Å². The molecule has 0 saturated heterocycles. The van der Waals surface area contributed by atoms with Crippen molar-refractivity contribution in [3.05, 3.63) is 109 Å². The van der Waals surface area contributed by atoms with Crippen LogP contribution in [0.25, 0.3) is 70.3 Å². The zero-order chi connectivity index (χ0) is 23.6. The third-order valence-electron chi connectivity index (χ3n) is 6.88. The number of rotatable bonds is 2. The van der Waals surface area contributed by atoms with Gasteiger partial charge in [-0.2, -0.15) is 0 Å². The molecule has 3 aromatic carbocycles. The summed E-state index contributed by atoms with van der Waals surface area (Å²) in [4.78, 5) is 14.8. The number of imidazole rings is 1. The van der Waals surface area contributed by atoms with Gasteiger partial charge in [0.25, 0.3) is 0 Å². The summed E-state index contributed by atoms with van der Waals surface area (Å²) in [6.45, 7) is 0. The molecule has 0 aliphatic carbocycles. The summed E-state index contributed by atoms with van der Waals surface area (Å²) < 4.78 is 4.79. The highest BCUT2D eigenvalue weighted by molar-refractivity contribution is 7.25. The first-order chi connectivity index (χ1) is 17.9. The standard InChI is InChI=1S/C31H18N4S/c1-2-8-19(9-3-1)29-27(20-14-15-26-24(18-20)21-10-4-5-13-25(21)36-26)34-31-23-12-6-16-32-28(23)22-11-7-17-33-30(22)35(29)31/h1-18H. The summed E-state index contributed by atoms with van der Waals surface area (Å²) in [7, 11) is 0. The first kappa shape index (κ1) is 19.7. The maximum Gasteiger partial charge on any atom is 0.149 e. The van der Waals surface area contributed by atoms with Gasteiger partial charge in [0.2, 0.25) is 0 Å². The first-order valence-electron chi connectivity index (χ1n) is 11.9. The Morgan fingerprint density at radius 2 is 1.28 bits per heavy atom. The van der Waals surface area contributed by atoms with Crippen LogP contribution in [0.15, 0.2) is 109 Å². The first-order valence-corrected chi connectivity index (χ1v) is 12.7. The van der Waals surface area contributed by atoms with Crippen LogP contribution in [0.1, 0.15) is 0 Å². The lowest BCUT2D eigenvalue weighted by Crippen LogP contribution is -1.97. The van der Waals surface area contributed by atoms with Crippen molar-refractivity contribution < 1.29 is 0 Å². The molecular weight excluding hydrogens is 460 g/mol. The van der Waals surface area contributed by atoms with Gasteiger partial charge in [-0.3, -0.25) is 9.38 Å². The summed E-state index contributed by atoms with van der Waals surface area (Å²) in [5.41, 5.74) is 6.83. The van der Waals surface area contributed by atoms with Gasteiger partial charge >= 0.3 is 0 Å². The summed E-state index contributed by atoms with van der Waals surface area (Å²) in [6.07, 6.45) is 3.68. The Morgan fingerprint density at radius 1 is 0.556 bits per heavy atom. The summed E-state index contributed by atoms with van der Waals surface area (Å²) in [5, 5.41) is 4.58. The van der Waals surface area contributed by atoms with E-state index >= 15 is 0 Å². The highest BCUT2D eigenvalue weighted by Crippen LogP contribution is 2.41. The molecule has 8 aromatic rings. The average molecular weight is 479 g/mol. The second-order valence-electron chi connectivity index (χ2n) is 8.92. The Hall–Kier alpha value is -4.61. The lowest BCUT2D eigenvalue weighted by molar-refractivity contribution is 1.20. The molecule has 0 aliphatic rings. The molecule has 168 valence electrons. The van der Waals surface area contributed by atoms with E-state index in [1.54, 1.807) is 0 Å². The van der Waals surface area contributed by atoms with Crippen LogP contribution in [-0.2, 0) is 0 Å². The second kappa shape index (κ2) is 7.44. The lowest BCUT2D eigenvalue weighted by Gasteiger charge is -2.10. The third-order valence-corrected chi connectivity index (χ3v) is 8.03. The second-order valence-corrected chi connectivity index (χ2v) is 10.0. The number of benzene rings is 3. The molecule has 0 atom stereocenters. The summed E-state index contributed by atoms with van der Waals surface area (Å²) in [6, 6.07) is 34.0. The van der Waals surface area contributed by atoms with Gasteiger partial charge in [0.05, 0.1) is 16.9 Å². The normalized spacial score (nSPS) is 11.9. The number of pyridine rings is 3. The van der Waals surface area contributed by atoms with Crippen LogP contribution in [0.2, 0.25) is 0 Å². The van der Waals surface area contributed by atoms with Gasteiger partial charge in [0.15, 0.2) is 0 Å². The summed E-state index contributed by atoms with van der Waals surface area (Å²) in [5.74, 6) is 0. The highest BCUT2D eigenvalue weighted by Gasteiger charge is 2.22. The van der Waals surface area contributed by atoms with Crippen molar-refractivity contribution in [3.63, 3.8) is 0 Å². The molecule has 0 spiro atoms.